The molecule has 5 heteroatoms. The van der Waals surface area contributed by atoms with Crippen LogP contribution < -0.4 is 5.32 Å². The largest absolute Gasteiger partial charge is 0.339 e. The summed E-state index contributed by atoms with van der Waals surface area (Å²) in [5.41, 5.74) is 0.787. The first-order valence-electron chi connectivity index (χ1n) is 7.40. The Morgan fingerprint density at radius 3 is 2.43 bits per heavy atom. The number of nitrogens with one attached hydrogen (secondary N) is 1. The lowest BCUT2D eigenvalue weighted by molar-refractivity contribution is -0.136. The fourth-order valence-electron chi connectivity index (χ4n) is 2.54. The van der Waals surface area contributed by atoms with E-state index in [9.17, 15) is 9.59 Å². The summed E-state index contributed by atoms with van der Waals surface area (Å²) in [6.45, 7) is 7.55. The second kappa shape index (κ2) is 6.61. The first-order chi connectivity index (χ1) is 9.99. The van der Waals surface area contributed by atoms with Crippen LogP contribution in [0.25, 0.3) is 0 Å². The van der Waals surface area contributed by atoms with E-state index < -0.39 is 0 Å². The third-order valence-corrected chi connectivity index (χ3v) is 3.72. The van der Waals surface area contributed by atoms with Crippen molar-refractivity contribution in [2.75, 3.05) is 25.0 Å². The summed E-state index contributed by atoms with van der Waals surface area (Å²) in [6, 6.07) is 9.32. The van der Waals surface area contributed by atoms with Crippen LogP contribution in [0.2, 0.25) is 0 Å². The van der Waals surface area contributed by atoms with Crippen molar-refractivity contribution in [3.05, 3.63) is 30.3 Å². The first-order valence-corrected chi connectivity index (χ1v) is 7.40. The van der Waals surface area contributed by atoms with Crippen LogP contribution in [-0.4, -0.2) is 47.4 Å². The van der Waals surface area contributed by atoms with E-state index in [1.807, 2.05) is 56.0 Å². The van der Waals surface area contributed by atoms with Crippen LogP contribution in [0.5, 0.6) is 0 Å². The van der Waals surface area contributed by atoms with Gasteiger partial charge in [-0.1, -0.05) is 32.0 Å². The topological polar surface area (TPSA) is 52.7 Å². The summed E-state index contributed by atoms with van der Waals surface area (Å²) in [4.78, 5) is 28.0. The van der Waals surface area contributed by atoms with Crippen molar-refractivity contribution in [1.82, 2.24) is 9.80 Å². The van der Waals surface area contributed by atoms with Gasteiger partial charge in [0, 0.05) is 37.3 Å². The third kappa shape index (κ3) is 3.74. The predicted octanol–water partition coefficient (Wildman–Crippen LogP) is 2.41. The fourth-order valence-corrected chi connectivity index (χ4v) is 2.54. The SMILES string of the molecule is CC(C)C(=O)N1CCN(C(=O)Nc2ccccc2)C(C)C1. The summed E-state index contributed by atoms with van der Waals surface area (Å²) in [5, 5.41) is 2.89. The number of rotatable bonds is 2. The van der Waals surface area contributed by atoms with Crippen molar-refractivity contribution in [1.29, 1.82) is 0 Å². The second-order valence-electron chi connectivity index (χ2n) is 5.78. The van der Waals surface area contributed by atoms with Gasteiger partial charge in [0.25, 0.3) is 0 Å². The Morgan fingerprint density at radius 2 is 1.86 bits per heavy atom. The first kappa shape index (κ1) is 15.4. The Hall–Kier alpha value is -2.04. The highest BCUT2D eigenvalue weighted by atomic mass is 16.2. The summed E-state index contributed by atoms with van der Waals surface area (Å²) in [6.07, 6.45) is 0. The quantitative estimate of drug-likeness (QED) is 0.909. The average Bonchev–Trinajstić information content (AvgIpc) is 2.47. The molecule has 0 saturated carbocycles. The summed E-state index contributed by atoms with van der Waals surface area (Å²) < 4.78 is 0. The van der Waals surface area contributed by atoms with Crippen molar-refractivity contribution in [2.45, 2.75) is 26.8 Å². The van der Waals surface area contributed by atoms with Gasteiger partial charge in [0.05, 0.1) is 0 Å². The van der Waals surface area contributed by atoms with E-state index in [-0.39, 0.29) is 23.9 Å². The molecule has 3 amide bonds. The number of carbonyl (C=O) groups excluding carboxylic acids is 2. The van der Waals surface area contributed by atoms with E-state index in [0.29, 0.717) is 19.6 Å². The van der Waals surface area contributed by atoms with Gasteiger partial charge in [-0.2, -0.15) is 0 Å². The van der Waals surface area contributed by atoms with Gasteiger partial charge in [-0.15, -0.1) is 0 Å². The van der Waals surface area contributed by atoms with Crippen molar-refractivity contribution in [3.63, 3.8) is 0 Å². The van der Waals surface area contributed by atoms with Crippen LogP contribution >= 0.6 is 0 Å². The summed E-state index contributed by atoms with van der Waals surface area (Å²) in [7, 11) is 0. The van der Waals surface area contributed by atoms with Crippen molar-refractivity contribution >= 4 is 17.6 Å². The van der Waals surface area contributed by atoms with E-state index in [1.54, 1.807) is 4.90 Å². The Balaban J connectivity index is 1.94. The second-order valence-corrected chi connectivity index (χ2v) is 5.78. The molecule has 114 valence electrons. The molecule has 2 rings (SSSR count). The lowest BCUT2D eigenvalue weighted by atomic mass is 10.1. The Kier molecular flexibility index (Phi) is 4.83. The van der Waals surface area contributed by atoms with E-state index in [1.165, 1.54) is 0 Å². The molecule has 1 saturated heterocycles. The maximum Gasteiger partial charge on any atom is 0.322 e. The van der Waals surface area contributed by atoms with E-state index in [0.717, 1.165) is 5.69 Å². The fraction of sp³-hybridized carbons (Fsp3) is 0.500. The number of urea groups is 1. The number of piperazine rings is 1. The molecular weight excluding hydrogens is 266 g/mol. The van der Waals surface area contributed by atoms with Gasteiger partial charge < -0.3 is 15.1 Å². The predicted molar refractivity (Wildman–Crippen MR) is 83.0 cm³/mol. The molecule has 1 aromatic carbocycles. The van der Waals surface area contributed by atoms with Gasteiger partial charge in [-0.05, 0) is 19.1 Å². The van der Waals surface area contributed by atoms with Crippen LogP contribution in [0.3, 0.4) is 0 Å². The number of anilines is 1. The zero-order chi connectivity index (χ0) is 15.4. The van der Waals surface area contributed by atoms with E-state index >= 15 is 0 Å². The smallest absolute Gasteiger partial charge is 0.322 e. The average molecular weight is 289 g/mol. The number of hydrogen-bond donors (Lipinski definition) is 1. The van der Waals surface area contributed by atoms with Gasteiger partial charge in [0.2, 0.25) is 5.91 Å². The minimum absolute atomic E-state index is 0.00175. The van der Waals surface area contributed by atoms with E-state index in [2.05, 4.69) is 5.32 Å². The standard InChI is InChI=1S/C16H23N3O2/c1-12(2)15(20)18-9-10-19(13(3)11-18)16(21)17-14-7-5-4-6-8-14/h4-8,12-13H,9-11H2,1-3H3,(H,17,21). The molecule has 1 N–H and O–H groups in total. The minimum Gasteiger partial charge on any atom is -0.339 e. The Bertz CT molecular complexity index is 502. The molecule has 1 unspecified atom stereocenters. The Labute approximate surface area is 125 Å². The maximum atomic E-state index is 12.3. The number of hydrogen-bond acceptors (Lipinski definition) is 2. The number of amides is 3. The lowest BCUT2D eigenvalue weighted by Crippen LogP contribution is -2.57. The molecule has 5 nitrogen and oxygen atoms in total. The van der Waals surface area contributed by atoms with Gasteiger partial charge in [0.1, 0.15) is 0 Å². The van der Waals surface area contributed by atoms with Crippen molar-refractivity contribution < 1.29 is 9.59 Å². The molecule has 1 heterocycles. The molecule has 1 atom stereocenters. The zero-order valence-corrected chi connectivity index (χ0v) is 12.9. The lowest BCUT2D eigenvalue weighted by Gasteiger charge is -2.40. The molecule has 0 aromatic heterocycles. The van der Waals surface area contributed by atoms with Gasteiger partial charge in [0.15, 0.2) is 0 Å². The summed E-state index contributed by atoms with van der Waals surface area (Å²) in [5.74, 6) is 0.159. The molecule has 0 aliphatic carbocycles. The molecule has 21 heavy (non-hydrogen) atoms. The van der Waals surface area contributed by atoms with Crippen LogP contribution in [0.15, 0.2) is 30.3 Å². The van der Waals surface area contributed by atoms with Gasteiger partial charge >= 0.3 is 6.03 Å². The highest BCUT2D eigenvalue weighted by molar-refractivity contribution is 5.89. The van der Waals surface area contributed by atoms with Crippen LogP contribution in [-0.2, 0) is 4.79 Å². The monoisotopic (exact) mass is 289 g/mol. The van der Waals surface area contributed by atoms with Crippen LogP contribution in [0.1, 0.15) is 20.8 Å². The molecule has 1 fully saturated rings. The van der Waals surface area contributed by atoms with Crippen molar-refractivity contribution in [2.24, 2.45) is 5.92 Å². The molecule has 1 aliphatic rings. The molecular formula is C16H23N3O2. The maximum absolute atomic E-state index is 12.3. The highest BCUT2D eigenvalue weighted by Gasteiger charge is 2.30. The molecule has 1 aromatic rings. The van der Waals surface area contributed by atoms with Crippen LogP contribution in [0.4, 0.5) is 10.5 Å². The number of para-hydroxylation sites is 1. The normalized spacial score (nSPS) is 18.8. The number of benzene rings is 1. The van der Waals surface area contributed by atoms with Crippen molar-refractivity contribution in [3.8, 4) is 0 Å². The zero-order valence-electron chi connectivity index (χ0n) is 12.9. The third-order valence-electron chi connectivity index (χ3n) is 3.72. The van der Waals surface area contributed by atoms with Gasteiger partial charge in [-0.3, -0.25) is 4.79 Å². The minimum atomic E-state index is -0.106. The molecule has 1 aliphatic heterocycles. The molecule has 0 radical (unpaired) electrons. The highest BCUT2D eigenvalue weighted by Crippen LogP contribution is 2.14. The van der Waals surface area contributed by atoms with Gasteiger partial charge in [-0.25, -0.2) is 4.79 Å². The molecule has 0 spiro atoms. The molecule has 0 bridgehead atoms. The van der Waals surface area contributed by atoms with Crippen LogP contribution in [0, 0.1) is 5.92 Å². The number of carbonyl (C=O) groups is 2. The van der Waals surface area contributed by atoms with E-state index in [4.69, 9.17) is 0 Å². The number of nitrogens with zero attached hydrogens (tertiary/aromatic N) is 2. The Morgan fingerprint density at radius 1 is 1.19 bits per heavy atom. The summed E-state index contributed by atoms with van der Waals surface area (Å²) >= 11 is 0.